The minimum absolute atomic E-state index is 0.450. The maximum Gasteiger partial charge on any atom is 0.0236 e. The molecular weight excluding hydrogens is 166 g/mol. The molecule has 72 valence electrons. The highest BCUT2D eigenvalue weighted by Gasteiger charge is 2.37. The summed E-state index contributed by atoms with van der Waals surface area (Å²) in [6.45, 7) is 11.7. The van der Waals surface area contributed by atoms with E-state index < -0.39 is 0 Å². The normalized spacial score (nSPS) is 31.5. The van der Waals surface area contributed by atoms with Crippen LogP contribution in [-0.4, -0.2) is 11.8 Å². The third-order valence-corrected chi connectivity index (χ3v) is 3.71. The SMILES string of the molecule is CC(C)C1NSCC1C(C)(C)C. The van der Waals surface area contributed by atoms with E-state index in [4.69, 9.17) is 0 Å². The number of hydrogen-bond acceptors (Lipinski definition) is 2. The molecule has 1 heterocycles. The van der Waals surface area contributed by atoms with E-state index in [2.05, 4.69) is 39.3 Å². The molecule has 2 unspecified atom stereocenters. The van der Waals surface area contributed by atoms with Crippen molar-refractivity contribution in [2.75, 3.05) is 5.75 Å². The van der Waals surface area contributed by atoms with Crippen molar-refractivity contribution in [2.24, 2.45) is 17.3 Å². The minimum Gasteiger partial charge on any atom is -0.260 e. The van der Waals surface area contributed by atoms with E-state index in [0.717, 1.165) is 11.8 Å². The Hall–Kier alpha value is 0.310. The molecule has 0 aromatic heterocycles. The number of hydrogen-bond donors (Lipinski definition) is 1. The first-order valence-electron chi connectivity index (χ1n) is 4.80. The monoisotopic (exact) mass is 187 g/mol. The van der Waals surface area contributed by atoms with Gasteiger partial charge in [0, 0.05) is 11.8 Å². The molecule has 0 aromatic carbocycles. The summed E-state index contributed by atoms with van der Waals surface area (Å²) in [5.41, 5.74) is 0.450. The molecule has 1 nitrogen and oxygen atoms in total. The summed E-state index contributed by atoms with van der Waals surface area (Å²) in [6.07, 6.45) is 0. The molecule has 0 saturated carbocycles. The van der Waals surface area contributed by atoms with Crippen LogP contribution in [0.15, 0.2) is 0 Å². The predicted molar refractivity (Wildman–Crippen MR) is 57.2 cm³/mol. The van der Waals surface area contributed by atoms with Gasteiger partial charge < -0.3 is 0 Å². The molecule has 1 rings (SSSR count). The molecule has 0 aromatic rings. The van der Waals surface area contributed by atoms with Gasteiger partial charge in [-0.25, -0.2) is 0 Å². The van der Waals surface area contributed by atoms with Gasteiger partial charge in [-0.3, -0.25) is 4.72 Å². The molecule has 1 aliphatic rings. The van der Waals surface area contributed by atoms with E-state index in [9.17, 15) is 0 Å². The van der Waals surface area contributed by atoms with Crippen molar-refractivity contribution in [1.29, 1.82) is 0 Å². The summed E-state index contributed by atoms with van der Waals surface area (Å²) < 4.78 is 3.53. The Morgan fingerprint density at radius 3 is 2.25 bits per heavy atom. The quantitative estimate of drug-likeness (QED) is 0.633. The van der Waals surface area contributed by atoms with Crippen LogP contribution in [0.1, 0.15) is 34.6 Å². The van der Waals surface area contributed by atoms with Gasteiger partial charge in [0.1, 0.15) is 0 Å². The first kappa shape index (κ1) is 10.4. The smallest absolute Gasteiger partial charge is 0.0236 e. The Morgan fingerprint density at radius 2 is 1.92 bits per heavy atom. The van der Waals surface area contributed by atoms with E-state index >= 15 is 0 Å². The molecule has 0 amide bonds. The summed E-state index contributed by atoms with van der Waals surface area (Å²) in [4.78, 5) is 0. The molecule has 0 spiro atoms. The molecule has 12 heavy (non-hydrogen) atoms. The average Bonchev–Trinajstić information content (AvgIpc) is 2.30. The first-order valence-corrected chi connectivity index (χ1v) is 5.79. The molecule has 0 aliphatic carbocycles. The fraction of sp³-hybridized carbons (Fsp3) is 1.00. The Bertz CT molecular complexity index is 148. The van der Waals surface area contributed by atoms with Crippen LogP contribution in [0.4, 0.5) is 0 Å². The second-order valence-electron chi connectivity index (χ2n) is 5.17. The molecule has 1 N–H and O–H groups in total. The standard InChI is InChI=1S/C10H21NS/c1-7(2)9-8(6-12-11-9)10(3,4)5/h7-9,11H,6H2,1-5H3. The predicted octanol–water partition coefficient (Wildman–Crippen LogP) is 2.92. The summed E-state index contributed by atoms with van der Waals surface area (Å²) in [7, 11) is 0. The zero-order valence-electron chi connectivity index (χ0n) is 8.85. The Kier molecular flexibility index (Phi) is 3.11. The van der Waals surface area contributed by atoms with Gasteiger partial charge in [-0.05, 0) is 17.3 Å². The highest BCUT2D eigenvalue weighted by Crippen LogP contribution is 2.38. The Morgan fingerprint density at radius 1 is 1.33 bits per heavy atom. The largest absolute Gasteiger partial charge is 0.260 e. The van der Waals surface area contributed by atoms with Crippen molar-refractivity contribution in [3.8, 4) is 0 Å². The number of nitrogens with one attached hydrogen (secondary N) is 1. The summed E-state index contributed by atoms with van der Waals surface area (Å²) in [6, 6.07) is 0.704. The van der Waals surface area contributed by atoms with Crippen LogP contribution in [0.3, 0.4) is 0 Å². The zero-order valence-corrected chi connectivity index (χ0v) is 9.66. The lowest BCUT2D eigenvalue weighted by Gasteiger charge is -2.33. The molecular formula is C10H21NS. The molecule has 1 saturated heterocycles. The van der Waals surface area contributed by atoms with E-state index in [-0.39, 0.29) is 0 Å². The van der Waals surface area contributed by atoms with Gasteiger partial charge >= 0.3 is 0 Å². The molecule has 1 fully saturated rings. The lowest BCUT2D eigenvalue weighted by molar-refractivity contribution is 0.199. The van der Waals surface area contributed by atoms with Gasteiger partial charge in [0.05, 0.1) is 0 Å². The number of rotatable bonds is 1. The van der Waals surface area contributed by atoms with E-state index in [1.807, 2.05) is 11.9 Å². The second kappa shape index (κ2) is 3.59. The van der Waals surface area contributed by atoms with Gasteiger partial charge in [-0.15, -0.1) is 0 Å². The summed E-state index contributed by atoms with van der Waals surface area (Å²) >= 11 is 1.90. The van der Waals surface area contributed by atoms with Crippen LogP contribution >= 0.6 is 11.9 Å². The van der Waals surface area contributed by atoms with Crippen LogP contribution in [0.2, 0.25) is 0 Å². The second-order valence-corrected chi connectivity index (χ2v) is 6.03. The highest BCUT2D eigenvalue weighted by molar-refractivity contribution is 7.97. The van der Waals surface area contributed by atoms with Gasteiger partial charge in [-0.2, -0.15) is 0 Å². The van der Waals surface area contributed by atoms with Crippen molar-refractivity contribution in [3.63, 3.8) is 0 Å². The molecule has 0 radical (unpaired) electrons. The fourth-order valence-corrected chi connectivity index (χ4v) is 3.42. The minimum atomic E-state index is 0.450. The molecule has 2 heteroatoms. The fourth-order valence-electron chi connectivity index (χ4n) is 1.81. The summed E-state index contributed by atoms with van der Waals surface area (Å²) in [5, 5.41) is 0. The molecule has 2 atom stereocenters. The van der Waals surface area contributed by atoms with Crippen molar-refractivity contribution in [1.82, 2.24) is 4.72 Å². The van der Waals surface area contributed by atoms with Gasteiger partial charge in [0.25, 0.3) is 0 Å². The maximum absolute atomic E-state index is 3.53. The van der Waals surface area contributed by atoms with E-state index in [0.29, 0.717) is 11.5 Å². The molecule has 0 bridgehead atoms. The van der Waals surface area contributed by atoms with Crippen LogP contribution in [0, 0.1) is 17.3 Å². The van der Waals surface area contributed by atoms with E-state index in [1.165, 1.54) is 5.75 Å². The third kappa shape index (κ3) is 2.17. The van der Waals surface area contributed by atoms with Crippen LogP contribution in [0.5, 0.6) is 0 Å². The van der Waals surface area contributed by atoms with Gasteiger partial charge in [0.2, 0.25) is 0 Å². The first-order chi connectivity index (χ1) is 5.43. The maximum atomic E-state index is 3.53. The van der Waals surface area contributed by atoms with Gasteiger partial charge in [0.15, 0.2) is 0 Å². The van der Waals surface area contributed by atoms with Gasteiger partial charge in [-0.1, -0.05) is 46.6 Å². The van der Waals surface area contributed by atoms with Crippen molar-refractivity contribution < 1.29 is 0 Å². The average molecular weight is 187 g/mol. The molecule has 1 aliphatic heterocycles. The van der Waals surface area contributed by atoms with Crippen LogP contribution in [-0.2, 0) is 0 Å². The summed E-state index contributed by atoms with van der Waals surface area (Å²) in [5.74, 6) is 2.85. The lowest BCUT2D eigenvalue weighted by Crippen LogP contribution is -2.38. The Balaban J connectivity index is 2.64. The highest BCUT2D eigenvalue weighted by atomic mass is 32.2. The Labute approximate surface area is 80.8 Å². The lowest BCUT2D eigenvalue weighted by atomic mass is 9.75. The van der Waals surface area contributed by atoms with Crippen LogP contribution in [0.25, 0.3) is 0 Å². The van der Waals surface area contributed by atoms with Crippen molar-refractivity contribution in [2.45, 2.75) is 40.7 Å². The van der Waals surface area contributed by atoms with Crippen LogP contribution < -0.4 is 4.72 Å². The van der Waals surface area contributed by atoms with Crippen molar-refractivity contribution >= 4 is 11.9 Å². The van der Waals surface area contributed by atoms with E-state index in [1.54, 1.807) is 0 Å². The van der Waals surface area contributed by atoms with Crippen molar-refractivity contribution in [3.05, 3.63) is 0 Å². The topological polar surface area (TPSA) is 12.0 Å². The zero-order chi connectivity index (χ0) is 9.35. The third-order valence-electron chi connectivity index (χ3n) is 2.75.